The zero-order valence-electron chi connectivity index (χ0n) is 14.6. The van der Waals surface area contributed by atoms with E-state index in [0.29, 0.717) is 5.92 Å². The number of nitrogens with one attached hydrogen (secondary N) is 1. The molecule has 0 amide bonds. The van der Waals surface area contributed by atoms with Gasteiger partial charge in [-0.2, -0.15) is 5.10 Å². The van der Waals surface area contributed by atoms with Gasteiger partial charge < -0.3 is 0 Å². The van der Waals surface area contributed by atoms with E-state index in [2.05, 4.69) is 24.0 Å². The fourth-order valence-electron chi connectivity index (χ4n) is 3.49. The minimum absolute atomic E-state index is 0.712. The van der Waals surface area contributed by atoms with E-state index in [1.165, 1.54) is 24.0 Å². The molecular formula is C18H25N3OS2. The molecule has 0 aliphatic carbocycles. The van der Waals surface area contributed by atoms with Crippen molar-refractivity contribution in [2.45, 2.75) is 46.0 Å². The summed E-state index contributed by atoms with van der Waals surface area (Å²) in [6, 6.07) is 1.91. The van der Waals surface area contributed by atoms with Crippen molar-refractivity contribution in [3.63, 3.8) is 0 Å². The lowest BCUT2D eigenvalue weighted by Gasteiger charge is -2.19. The van der Waals surface area contributed by atoms with Crippen LogP contribution in [0, 0.1) is 5.92 Å². The predicted octanol–water partition coefficient (Wildman–Crippen LogP) is 4.52. The van der Waals surface area contributed by atoms with E-state index in [4.69, 9.17) is 4.99 Å². The molecule has 0 fully saturated rings. The van der Waals surface area contributed by atoms with E-state index in [-0.39, 0.29) is 0 Å². The Kier molecular flexibility index (Phi) is 5.76. The molecule has 2 aliphatic rings. The van der Waals surface area contributed by atoms with Gasteiger partial charge in [-0.25, -0.2) is 4.21 Å². The number of aliphatic imine (C=N–C) groups is 1. The first-order valence-corrected chi connectivity index (χ1v) is 11.0. The van der Waals surface area contributed by atoms with Crippen LogP contribution in [0.3, 0.4) is 0 Å². The molecule has 130 valence electrons. The molecule has 0 aromatic carbocycles. The van der Waals surface area contributed by atoms with Gasteiger partial charge in [0.2, 0.25) is 0 Å². The summed E-state index contributed by atoms with van der Waals surface area (Å²) in [5.74, 6) is 0.712. The highest BCUT2D eigenvalue weighted by Gasteiger charge is 2.36. The van der Waals surface area contributed by atoms with E-state index < -0.39 is 10.8 Å². The summed E-state index contributed by atoms with van der Waals surface area (Å²) in [7, 11) is -1.12. The van der Waals surface area contributed by atoms with E-state index >= 15 is 0 Å². The number of hydrogen-bond acceptors (Lipinski definition) is 4. The van der Waals surface area contributed by atoms with Gasteiger partial charge in [0.25, 0.3) is 0 Å². The van der Waals surface area contributed by atoms with Crippen molar-refractivity contribution in [1.29, 1.82) is 0 Å². The molecule has 0 bridgehead atoms. The number of aromatic nitrogens is 2. The van der Waals surface area contributed by atoms with E-state index in [0.717, 1.165) is 46.4 Å². The first kappa shape index (κ1) is 17.7. The molecule has 6 heteroatoms. The quantitative estimate of drug-likeness (QED) is 0.775. The number of hydrogen-bond donors (Lipinski definition) is 1. The van der Waals surface area contributed by atoms with Gasteiger partial charge in [-0.3, -0.25) is 10.1 Å². The maximum Gasteiger partial charge on any atom is 0.0946 e. The van der Waals surface area contributed by atoms with Gasteiger partial charge >= 0.3 is 0 Å². The molecular weight excluding hydrogens is 338 g/mol. The zero-order chi connectivity index (χ0) is 17.1. The number of rotatable bonds is 7. The lowest BCUT2D eigenvalue weighted by molar-refractivity contribution is 0.495. The number of aromatic amines is 1. The Morgan fingerprint density at radius 3 is 2.92 bits per heavy atom. The SMILES string of the molecule is CCCC(C)CCC1=NCCC2=C(c3ccn[nH]3)S(=O)C(SC)=C12. The van der Waals surface area contributed by atoms with Gasteiger partial charge in [-0.15, -0.1) is 11.8 Å². The second kappa shape index (κ2) is 7.83. The van der Waals surface area contributed by atoms with E-state index in [1.54, 1.807) is 18.0 Å². The van der Waals surface area contributed by atoms with Crippen LogP contribution in [0.2, 0.25) is 0 Å². The second-order valence-corrected chi connectivity index (χ2v) is 8.85. The van der Waals surface area contributed by atoms with Crippen LogP contribution < -0.4 is 0 Å². The summed E-state index contributed by atoms with van der Waals surface area (Å²) in [6.45, 7) is 5.35. The molecule has 0 radical (unpaired) electrons. The molecule has 24 heavy (non-hydrogen) atoms. The van der Waals surface area contributed by atoms with Crippen LogP contribution in [0.5, 0.6) is 0 Å². The molecule has 2 aliphatic heterocycles. The largest absolute Gasteiger partial charge is 0.289 e. The number of fused-ring (bicyclic) bond motifs is 1. The maximum absolute atomic E-state index is 13.1. The Bertz CT molecular complexity index is 717. The van der Waals surface area contributed by atoms with Gasteiger partial charge in [0, 0.05) is 24.0 Å². The van der Waals surface area contributed by atoms with Crippen LogP contribution in [0.1, 0.15) is 51.6 Å². The maximum atomic E-state index is 13.1. The van der Waals surface area contributed by atoms with Gasteiger partial charge in [0.15, 0.2) is 0 Å². The van der Waals surface area contributed by atoms with Crippen molar-refractivity contribution in [3.8, 4) is 0 Å². The number of thioether (sulfide) groups is 1. The van der Waals surface area contributed by atoms with Crippen molar-refractivity contribution in [2.24, 2.45) is 10.9 Å². The first-order chi connectivity index (χ1) is 11.7. The van der Waals surface area contributed by atoms with Crippen LogP contribution in [0.4, 0.5) is 0 Å². The third kappa shape index (κ3) is 3.31. The fourth-order valence-corrected chi connectivity index (χ4v) is 6.15. The van der Waals surface area contributed by atoms with Gasteiger partial charge in [-0.1, -0.05) is 26.7 Å². The Balaban J connectivity index is 1.92. The lowest BCUT2D eigenvalue weighted by Crippen LogP contribution is -2.14. The number of nitrogens with zero attached hydrogens (tertiary/aromatic N) is 2. The van der Waals surface area contributed by atoms with Crippen LogP contribution >= 0.6 is 11.8 Å². The van der Waals surface area contributed by atoms with E-state index in [1.807, 2.05) is 12.3 Å². The molecule has 0 spiro atoms. The smallest absolute Gasteiger partial charge is 0.0946 e. The molecule has 1 N–H and O–H groups in total. The summed E-state index contributed by atoms with van der Waals surface area (Å²) in [5, 5.41) is 7.03. The zero-order valence-corrected chi connectivity index (χ0v) is 16.2. The highest BCUT2D eigenvalue weighted by Crippen LogP contribution is 2.46. The van der Waals surface area contributed by atoms with Crippen LogP contribution in [0.15, 0.2) is 32.6 Å². The van der Waals surface area contributed by atoms with Crippen molar-refractivity contribution in [1.82, 2.24) is 10.2 Å². The topological polar surface area (TPSA) is 58.1 Å². The molecule has 2 unspecified atom stereocenters. The average molecular weight is 364 g/mol. The second-order valence-electron chi connectivity index (χ2n) is 6.42. The molecule has 2 atom stereocenters. The van der Waals surface area contributed by atoms with Crippen molar-refractivity contribution in [3.05, 3.63) is 33.3 Å². The highest BCUT2D eigenvalue weighted by atomic mass is 32.2. The molecule has 0 saturated carbocycles. The summed E-state index contributed by atoms with van der Waals surface area (Å²) in [6.07, 6.45) is 9.23. The molecule has 4 nitrogen and oxygen atoms in total. The average Bonchev–Trinajstić information content (AvgIpc) is 3.18. The Labute approximate surface area is 150 Å². The summed E-state index contributed by atoms with van der Waals surface area (Å²) in [4.78, 5) is 5.72. The minimum Gasteiger partial charge on any atom is -0.289 e. The van der Waals surface area contributed by atoms with Gasteiger partial charge in [0.1, 0.15) is 0 Å². The first-order valence-electron chi connectivity index (χ1n) is 8.64. The Morgan fingerprint density at radius 1 is 1.42 bits per heavy atom. The van der Waals surface area contributed by atoms with Gasteiger partial charge in [-0.05, 0) is 43.1 Å². The summed E-state index contributed by atoms with van der Waals surface area (Å²) >= 11 is 1.60. The van der Waals surface area contributed by atoms with Crippen molar-refractivity contribution >= 4 is 33.2 Å². The minimum atomic E-state index is -1.12. The normalized spacial score (nSPS) is 22.0. The third-order valence-electron chi connectivity index (χ3n) is 4.67. The molecule has 1 aromatic rings. The Hall–Kier alpha value is -1.14. The van der Waals surface area contributed by atoms with Crippen LogP contribution in [-0.4, -0.2) is 32.9 Å². The van der Waals surface area contributed by atoms with Crippen molar-refractivity contribution < 1.29 is 4.21 Å². The van der Waals surface area contributed by atoms with E-state index in [9.17, 15) is 4.21 Å². The molecule has 3 heterocycles. The van der Waals surface area contributed by atoms with Crippen LogP contribution in [-0.2, 0) is 10.8 Å². The number of H-pyrrole nitrogens is 1. The third-order valence-corrected chi connectivity index (χ3v) is 7.58. The lowest BCUT2D eigenvalue weighted by atomic mass is 9.90. The fraction of sp³-hybridized carbons (Fsp3) is 0.556. The molecule has 0 saturated heterocycles. The molecule has 3 rings (SSSR count). The van der Waals surface area contributed by atoms with Crippen molar-refractivity contribution in [2.75, 3.05) is 12.8 Å². The summed E-state index contributed by atoms with van der Waals surface area (Å²) < 4.78 is 14.0. The highest BCUT2D eigenvalue weighted by molar-refractivity contribution is 8.19. The monoisotopic (exact) mass is 363 g/mol. The molecule has 1 aromatic heterocycles. The van der Waals surface area contributed by atoms with Crippen LogP contribution in [0.25, 0.3) is 4.91 Å². The Morgan fingerprint density at radius 2 is 2.25 bits per heavy atom. The summed E-state index contributed by atoms with van der Waals surface area (Å²) in [5.41, 5.74) is 4.42. The van der Waals surface area contributed by atoms with Gasteiger partial charge in [0.05, 0.1) is 25.6 Å². The predicted molar refractivity (Wildman–Crippen MR) is 104 cm³/mol. The standard InChI is InChI=1S/C18H25N3OS2/c1-4-5-12(2)6-7-14-16-13(8-10-19-14)17(15-9-11-20-21-15)24(22)18(16)23-3/h9,11-12H,4-8,10H2,1-3H3,(H,20,21). The number of allylic oxidation sites excluding steroid dienone is 1.